The average Bonchev–Trinajstić information content (AvgIpc) is 3.45. The van der Waals surface area contributed by atoms with Gasteiger partial charge in [0.1, 0.15) is 5.82 Å². The second-order valence-electron chi connectivity index (χ2n) is 7.97. The number of aromatic nitrogens is 3. The number of fused-ring (bicyclic) bond motifs is 1. The molecule has 9 nitrogen and oxygen atoms in total. The van der Waals surface area contributed by atoms with E-state index >= 15 is 0 Å². The molecule has 0 atom stereocenters. The highest BCUT2D eigenvalue weighted by molar-refractivity contribution is 14.0. The number of nitrogens with one attached hydrogen (secondary N) is 1. The van der Waals surface area contributed by atoms with Crippen molar-refractivity contribution < 1.29 is 4.79 Å². The van der Waals surface area contributed by atoms with Gasteiger partial charge in [0.05, 0.1) is 6.54 Å². The van der Waals surface area contributed by atoms with Gasteiger partial charge in [0.25, 0.3) is 0 Å². The number of carbonyl (C=O) groups excluding carboxylic acids is 1. The van der Waals surface area contributed by atoms with E-state index in [1.54, 1.807) is 0 Å². The van der Waals surface area contributed by atoms with Gasteiger partial charge in [-0.25, -0.2) is 0 Å². The molecule has 170 valence electrons. The number of hydrogen-bond donors (Lipinski definition) is 1. The molecule has 2 aliphatic heterocycles. The number of piperazine rings is 1. The minimum atomic E-state index is 0. The van der Waals surface area contributed by atoms with Crippen molar-refractivity contribution in [1.29, 1.82) is 0 Å². The molecule has 2 fully saturated rings. The molecule has 1 N–H and O–H groups in total. The number of pyridine rings is 1. The van der Waals surface area contributed by atoms with Crippen molar-refractivity contribution in [3.05, 3.63) is 30.2 Å². The van der Waals surface area contributed by atoms with Gasteiger partial charge in [-0.2, -0.15) is 0 Å². The Bertz CT molecular complexity index is 871. The molecule has 10 heteroatoms. The Kier molecular flexibility index (Phi) is 8.88. The first-order valence-corrected chi connectivity index (χ1v) is 11.0. The molecule has 4 heterocycles. The summed E-state index contributed by atoms with van der Waals surface area (Å²) in [5.41, 5.74) is 0.886. The maximum atomic E-state index is 12.4. The number of halogens is 1. The Morgan fingerprint density at radius 1 is 1.06 bits per heavy atom. The number of likely N-dealkylation sites (tertiary alicyclic amines) is 1. The minimum absolute atomic E-state index is 0. The Hall–Kier alpha value is -1.95. The number of aliphatic imine (C=N–C) groups is 1. The fraction of sp³-hybridized carbons (Fsp3) is 0.619. The lowest BCUT2D eigenvalue weighted by Crippen LogP contribution is -2.54. The maximum absolute atomic E-state index is 12.4. The first kappa shape index (κ1) is 23.7. The third kappa shape index (κ3) is 6.06. The Labute approximate surface area is 200 Å². The van der Waals surface area contributed by atoms with Gasteiger partial charge >= 0.3 is 0 Å². The van der Waals surface area contributed by atoms with Gasteiger partial charge in [0.15, 0.2) is 11.6 Å². The summed E-state index contributed by atoms with van der Waals surface area (Å²) in [5.74, 6) is 2.20. The van der Waals surface area contributed by atoms with Crippen LogP contribution in [-0.4, -0.2) is 101 Å². The molecule has 31 heavy (non-hydrogen) atoms. The zero-order valence-electron chi connectivity index (χ0n) is 18.2. The average molecular weight is 540 g/mol. The number of aryl methyl sites for hydroxylation is 1. The minimum Gasteiger partial charge on any atom is -0.356 e. The number of guanidine groups is 1. The highest BCUT2D eigenvalue weighted by atomic mass is 127. The second-order valence-corrected chi connectivity index (χ2v) is 7.97. The van der Waals surface area contributed by atoms with Crippen molar-refractivity contribution >= 4 is 41.5 Å². The third-order valence-corrected chi connectivity index (χ3v) is 5.95. The van der Waals surface area contributed by atoms with Crippen molar-refractivity contribution in [3.63, 3.8) is 0 Å². The highest BCUT2D eigenvalue weighted by Gasteiger charge is 2.24. The normalized spacial score (nSPS) is 17.8. The molecular weight excluding hydrogens is 507 g/mol. The summed E-state index contributed by atoms with van der Waals surface area (Å²) in [7, 11) is 1.83. The van der Waals surface area contributed by atoms with E-state index in [2.05, 4.69) is 30.3 Å². The summed E-state index contributed by atoms with van der Waals surface area (Å²) >= 11 is 0. The van der Waals surface area contributed by atoms with Gasteiger partial charge in [0.2, 0.25) is 5.91 Å². The maximum Gasteiger partial charge on any atom is 0.236 e. The van der Waals surface area contributed by atoms with Crippen molar-refractivity contribution in [3.8, 4) is 0 Å². The van der Waals surface area contributed by atoms with E-state index in [4.69, 9.17) is 0 Å². The van der Waals surface area contributed by atoms with E-state index in [9.17, 15) is 4.79 Å². The van der Waals surface area contributed by atoms with Crippen LogP contribution >= 0.6 is 24.0 Å². The van der Waals surface area contributed by atoms with E-state index in [-0.39, 0.29) is 29.9 Å². The van der Waals surface area contributed by atoms with Crippen LogP contribution in [0, 0.1) is 0 Å². The molecule has 2 saturated heterocycles. The number of amides is 1. The van der Waals surface area contributed by atoms with E-state index < -0.39 is 0 Å². The first-order chi connectivity index (χ1) is 14.7. The van der Waals surface area contributed by atoms with Crippen molar-refractivity contribution in [2.45, 2.75) is 25.7 Å². The molecule has 0 saturated carbocycles. The smallest absolute Gasteiger partial charge is 0.236 e. The Balaban J connectivity index is 0.00000272. The number of hydrogen-bond acceptors (Lipinski definition) is 5. The monoisotopic (exact) mass is 540 g/mol. The second kappa shape index (κ2) is 11.6. The molecule has 2 aromatic heterocycles. The van der Waals surface area contributed by atoms with Crippen LogP contribution in [0.4, 0.5) is 0 Å². The van der Waals surface area contributed by atoms with Crippen LogP contribution in [-0.2, 0) is 11.2 Å². The fourth-order valence-electron chi connectivity index (χ4n) is 4.22. The molecule has 1 amide bonds. The first-order valence-electron chi connectivity index (χ1n) is 11.0. The molecule has 0 aliphatic carbocycles. The molecule has 2 aromatic rings. The van der Waals surface area contributed by atoms with Crippen molar-refractivity contribution in [1.82, 2.24) is 34.6 Å². The predicted molar refractivity (Wildman–Crippen MR) is 132 cm³/mol. The van der Waals surface area contributed by atoms with Crippen LogP contribution < -0.4 is 5.32 Å². The predicted octanol–water partition coefficient (Wildman–Crippen LogP) is 1.10. The zero-order chi connectivity index (χ0) is 20.8. The molecule has 2 aliphatic rings. The lowest BCUT2D eigenvalue weighted by molar-refractivity contribution is -0.131. The van der Waals surface area contributed by atoms with Gasteiger partial charge < -0.3 is 15.1 Å². The topological polar surface area (TPSA) is 81.4 Å². The van der Waals surface area contributed by atoms with Crippen LogP contribution in [0.2, 0.25) is 0 Å². The lowest BCUT2D eigenvalue weighted by Gasteiger charge is -2.36. The largest absolute Gasteiger partial charge is 0.356 e. The number of nitrogens with zero attached hydrogens (tertiary/aromatic N) is 7. The molecule has 0 aromatic carbocycles. The van der Waals surface area contributed by atoms with Gasteiger partial charge in [-0.1, -0.05) is 6.07 Å². The van der Waals surface area contributed by atoms with Gasteiger partial charge in [-0.3, -0.25) is 19.1 Å². The molecule has 0 unspecified atom stereocenters. The lowest BCUT2D eigenvalue weighted by atomic mass is 10.3. The van der Waals surface area contributed by atoms with E-state index in [1.165, 1.54) is 0 Å². The van der Waals surface area contributed by atoms with Crippen LogP contribution in [0.3, 0.4) is 0 Å². The van der Waals surface area contributed by atoms with Gasteiger partial charge in [0, 0.05) is 65.5 Å². The van der Waals surface area contributed by atoms with E-state index in [1.807, 2.05) is 40.7 Å². The Morgan fingerprint density at radius 3 is 2.58 bits per heavy atom. The fourth-order valence-corrected chi connectivity index (χ4v) is 4.22. The van der Waals surface area contributed by atoms with Crippen LogP contribution in [0.5, 0.6) is 0 Å². The quantitative estimate of drug-likeness (QED) is 0.256. The molecule has 0 bridgehead atoms. The molecular formula is C21H33IN8O. The number of carbonyl (C=O) groups is 1. The van der Waals surface area contributed by atoms with E-state index in [0.717, 1.165) is 88.9 Å². The Morgan fingerprint density at radius 2 is 1.84 bits per heavy atom. The summed E-state index contributed by atoms with van der Waals surface area (Å²) < 4.78 is 2.04. The zero-order valence-corrected chi connectivity index (χ0v) is 20.6. The SMILES string of the molecule is CN=C(NCCCc1nnc2ccccn12)N1CCN(CC(=O)N2CCCC2)CC1.I. The third-order valence-electron chi connectivity index (χ3n) is 5.95. The summed E-state index contributed by atoms with van der Waals surface area (Å²) in [4.78, 5) is 23.4. The summed E-state index contributed by atoms with van der Waals surface area (Å²) in [6.07, 6.45) is 6.12. The molecule has 4 rings (SSSR count). The summed E-state index contributed by atoms with van der Waals surface area (Å²) in [6, 6.07) is 5.94. The summed E-state index contributed by atoms with van der Waals surface area (Å²) in [5, 5.41) is 12.0. The number of rotatable bonds is 6. The van der Waals surface area contributed by atoms with Crippen LogP contribution in [0.25, 0.3) is 5.65 Å². The van der Waals surface area contributed by atoms with Crippen LogP contribution in [0.15, 0.2) is 29.4 Å². The van der Waals surface area contributed by atoms with Crippen molar-refractivity contribution in [2.75, 3.05) is 59.4 Å². The molecule has 0 spiro atoms. The standard InChI is InChI=1S/C21H32N8O.HI/c1-22-21(23-9-6-8-19-25-24-18-7-2-3-12-29(18)19)28-15-13-26(14-16-28)17-20(30)27-10-4-5-11-27;/h2-3,7,12H,4-6,8-11,13-17H2,1H3,(H,22,23);1H. The summed E-state index contributed by atoms with van der Waals surface area (Å²) in [6.45, 7) is 6.82. The molecule has 0 radical (unpaired) electrons. The van der Waals surface area contributed by atoms with Crippen molar-refractivity contribution in [2.24, 2.45) is 4.99 Å². The van der Waals surface area contributed by atoms with Gasteiger partial charge in [-0.05, 0) is 31.4 Å². The van der Waals surface area contributed by atoms with E-state index in [0.29, 0.717) is 6.54 Å². The highest BCUT2D eigenvalue weighted by Crippen LogP contribution is 2.10. The van der Waals surface area contributed by atoms with Crippen LogP contribution in [0.1, 0.15) is 25.1 Å². The van der Waals surface area contributed by atoms with Gasteiger partial charge in [-0.15, -0.1) is 34.2 Å².